The van der Waals surface area contributed by atoms with E-state index in [2.05, 4.69) is 12.2 Å². The van der Waals surface area contributed by atoms with Crippen molar-refractivity contribution in [3.05, 3.63) is 23.8 Å². The molecule has 1 N–H and O–H groups in total. The van der Waals surface area contributed by atoms with Crippen LogP contribution in [0.1, 0.15) is 62.7 Å². The number of amides is 1. The van der Waals surface area contributed by atoms with E-state index in [-0.39, 0.29) is 11.7 Å². The van der Waals surface area contributed by atoms with Gasteiger partial charge >= 0.3 is 0 Å². The molecule has 1 aromatic carbocycles. The Labute approximate surface area is 125 Å². The summed E-state index contributed by atoms with van der Waals surface area (Å²) in [6.07, 6.45) is 5.73. The van der Waals surface area contributed by atoms with Gasteiger partial charge in [-0.15, -0.1) is 0 Å². The molecule has 0 bridgehead atoms. The SMILES string of the molecule is CCCCCCCC(=O)c1ccc2c(c1)NC(=O)C(C)O2. The third kappa shape index (κ3) is 4.06. The number of carbonyl (C=O) groups is 2. The van der Waals surface area contributed by atoms with Gasteiger partial charge in [0.2, 0.25) is 0 Å². The lowest BCUT2D eigenvalue weighted by atomic mass is 10.0. The maximum Gasteiger partial charge on any atom is 0.265 e. The molecule has 0 aliphatic carbocycles. The number of hydrogen-bond donors (Lipinski definition) is 1. The van der Waals surface area contributed by atoms with Crippen molar-refractivity contribution in [2.24, 2.45) is 0 Å². The van der Waals surface area contributed by atoms with Gasteiger partial charge < -0.3 is 10.1 Å². The van der Waals surface area contributed by atoms with Gasteiger partial charge in [-0.2, -0.15) is 0 Å². The van der Waals surface area contributed by atoms with Crippen LogP contribution in [0.3, 0.4) is 0 Å². The van der Waals surface area contributed by atoms with E-state index in [1.165, 1.54) is 19.3 Å². The van der Waals surface area contributed by atoms with Gasteiger partial charge in [-0.05, 0) is 31.5 Å². The first-order valence-corrected chi connectivity index (χ1v) is 7.76. The lowest BCUT2D eigenvalue weighted by Gasteiger charge is -2.23. The third-order valence-electron chi connectivity index (χ3n) is 3.74. The van der Waals surface area contributed by atoms with Gasteiger partial charge in [0.15, 0.2) is 11.9 Å². The Bertz CT molecular complexity index is 525. The minimum Gasteiger partial charge on any atom is -0.479 e. The van der Waals surface area contributed by atoms with Gasteiger partial charge in [0.05, 0.1) is 5.69 Å². The van der Waals surface area contributed by atoms with Crippen LogP contribution in [0.15, 0.2) is 18.2 Å². The minimum atomic E-state index is -0.488. The monoisotopic (exact) mass is 289 g/mol. The van der Waals surface area contributed by atoms with E-state index in [1.54, 1.807) is 25.1 Å². The van der Waals surface area contributed by atoms with Gasteiger partial charge in [0.25, 0.3) is 5.91 Å². The van der Waals surface area contributed by atoms with Gasteiger partial charge in [0.1, 0.15) is 5.75 Å². The number of hydrogen-bond acceptors (Lipinski definition) is 3. The molecular formula is C17H23NO3. The zero-order chi connectivity index (χ0) is 15.2. The Morgan fingerprint density at radius 3 is 2.76 bits per heavy atom. The number of fused-ring (bicyclic) bond motifs is 1. The highest BCUT2D eigenvalue weighted by Crippen LogP contribution is 2.30. The fourth-order valence-electron chi connectivity index (χ4n) is 2.42. The molecule has 0 fully saturated rings. The summed E-state index contributed by atoms with van der Waals surface area (Å²) in [6.45, 7) is 3.88. The summed E-state index contributed by atoms with van der Waals surface area (Å²) in [4.78, 5) is 23.7. The van der Waals surface area contributed by atoms with E-state index in [1.807, 2.05) is 0 Å². The van der Waals surface area contributed by atoms with Crippen LogP contribution in [-0.2, 0) is 4.79 Å². The van der Waals surface area contributed by atoms with Crippen LogP contribution in [-0.4, -0.2) is 17.8 Å². The first-order chi connectivity index (χ1) is 10.1. The Kier molecular flexibility index (Phi) is 5.37. The summed E-state index contributed by atoms with van der Waals surface area (Å²) >= 11 is 0. The molecule has 0 radical (unpaired) electrons. The van der Waals surface area contributed by atoms with Crippen molar-refractivity contribution in [3.63, 3.8) is 0 Å². The van der Waals surface area contributed by atoms with Crippen LogP contribution in [0.25, 0.3) is 0 Å². The molecule has 1 heterocycles. The number of nitrogens with one attached hydrogen (secondary N) is 1. The Balaban J connectivity index is 1.93. The first-order valence-electron chi connectivity index (χ1n) is 7.76. The second-order valence-electron chi connectivity index (χ2n) is 5.55. The number of carbonyl (C=O) groups excluding carboxylic acids is 2. The van der Waals surface area contributed by atoms with Crippen LogP contribution in [0.2, 0.25) is 0 Å². The number of anilines is 1. The number of benzene rings is 1. The predicted molar refractivity (Wildman–Crippen MR) is 82.9 cm³/mol. The van der Waals surface area contributed by atoms with Crippen LogP contribution in [0.5, 0.6) is 5.75 Å². The molecule has 0 aromatic heterocycles. The number of Topliss-reactive ketones (excluding diaryl/α,β-unsaturated/α-hetero) is 1. The average Bonchev–Trinajstić information content (AvgIpc) is 2.47. The molecule has 1 amide bonds. The zero-order valence-corrected chi connectivity index (χ0v) is 12.8. The van der Waals surface area contributed by atoms with Crippen molar-refractivity contribution < 1.29 is 14.3 Å². The third-order valence-corrected chi connectivity index (χ3v) is 3.74. The molecule has 1 aliphatic heterocycles. The van der Waals surface area contributed by atoms with Crippen molar-refractivity contribution in [1.29, 1.82) is 0 Å². The van der Waals surface area contributed by atoms with E-state index in [0.717, 1.165) is 12.8 Å². The standard InChI is InChI=1S/C17H23NO3/c1-3-4-5-6-7-8-15(19)13-9-10-16-14(11-13)18-17(20)12(2)21-16/h9-12H,3-8H2,1-2H3,(H,18,20). The summed E-state index contributed by atoms with van der Waals surface area (Å²) in [6, 6.07) is 5.25. The molecule has 21 heavy (non-hydrogen) atoms. The maximum absolute atomic E-state index is 12.2. The summed E-state index contributed by atoms with van der Waals surface area (Å²) in [5.41, 5.74) is 1.23. The Morgan fingerprint density at radius 2 is 2.00 bits per heavy atom. The van der Waals surface area contributed by atoms with E-state index >= 15 is 0 Å². The quantitative estimate of drug-likeness (QED) is 0.611. The molecule has 2 rings (SSSR count). The molecular weight excluding hydrogens is 266 g/mol. The lowest BCUT2D eigenvalue weighted by Crippen LogP contribution is -2.34. The lowest BCUT2D eigenvalue weighted by molar-refractivity contribution is -0.122. The Morgan fingerprint density at radius 1 is 1.24 bits per heavy atom. The summed E-state index contributed by atoms with van der Waals surface area (Å²) in [7, 11) is 0. The van der Waals surface area contributed by atoms with Gasteiger partial charge in [-0.3, -0.25) is 9.59 Å². The smallest absolute Gasteiger partial charge is 0.265 e. The highest BCUT2D eigenvalue weighted by atomic mass is 16.5. The van der Waals surface area contributed by atoms with Crippen molar-refractivity contribution >= 4 is 17.4 Å². The molecule has 1 unspecified atom stereocenters. The van der Waals surface area contributed by atoms with E-state index in [9.17, 15) is 9.59 Å². The van der Waals surface area contributed by atoms with E-state index in [0.29, 0.717) is 23.4 Å². The summed E-state index contributed by atoms with van der Waals surface area (Å²) in [5, 5.41) is 2.77. The van der Waals surface area contributed by atoms with Gasteiger partial charge in [-0.1, -0.05) is 32.6 Å². The molecule has 0 spiro atoms. The molecule has 1 aromatic rings. The Hall–Kier alpha value is -1.84. The predicted octanol–water partition coefficient (Wildman–Crippen LogP) is 3.95. The first kappa shape index (κ1) is 15.5. The number of ether oxygens (including phenoxy) is 1. The largest absolute Gasteiger partial charge is 0.479 e. The second kappa shape index (κ2) is 7.25. The summed E-state index contributed by atoms with van der Waals surface area (Å²) in [5.74, 6) is 0.579. The molecule has 1 atom stereocenters. The van der Waals surface area contributed by atoms with Crippen LogP contribution in [0.4, 0.5) is 5.69 Å². The minimum absolute atomic E-state index is 0.127. The van der Waals surface area contributed by atoms with Crippen molar-refractivity contribution in [2.45, 2.75) is 58.5 Å². The molecule has 0 saturated carbocycles. The molecule has 4 nitrogen and oxygen atoms in total. The maximum atomic E-state index is 12.2. The van der Waals surface area contributed by atoms with Crippen molar-refractivity contribution in [3.8, 4) is 5.75 Å². The normalized spacial score (nSPS) is 16.9. The topological polar surface area (TPSA) is 55.4 Å². The van der Waals surface area contributed by atoms with Gasteiger partial charge in [-0.25, -0.2) is 0 Å². The van der Waals surface area contributed by atoms with E-state index < -0.39 is 6.10 Å². The van der Waals surface area contributed by atoms with Crippen LogP contribution in [0, 0.1) is 0 Å². The van der Waals surface area contributed by atoms with Crippen molar-refractivity contribution in [1.82, 2.24) is 0 Å². The number of ketones is 1. The highest BCUT2D eigenvalue weighted by molar-refractivity contribution is 6.01. The fourth-order valence-corrected chi connectivity index (χ4v) is 2.42. The van der Waals surface area contributed by atoms with Crippen molar-refractivity contribution in [2.75, 3.05) is 5.32 Å². The molecule has 114 valence electrons. The second-order valence-corrected chi connectivity index (χ2v) is 5.55. The molecule has 4 heteroatoms. The average molecular weight is 289 g/mol. The highest BCUT2D eigenvalue weighted by Gasteiger charge is 2.24. The summed E-state index contributed by atoms with van der Waals surface area (Å²) < 4.78 is 5.48. The molecule has 1 aliphatic rings. The molecule has 0 saturated heterocycles. The zero-order valence-electron chi connectivity index (χ0n) is 12.8. The number of rotatable bonds is 7. The van der Waals surface area contributed by atoms with Crippen LogP contribution >= 0.6 is 0 Å². The van der Waals surface area contributed by atoms with Crippen LogP contribution < -0.4 is 10.1 Å². The van der Waals surface area contributed by atoms with E-state index in [4.69, 9.17) is 4.74 Å². The fraction of sp³-hybridized carbons (Fsp3) is 0.529. The number of unbranched alkanes of at least 4 members (excludes halogenated alkanes) is 4. The van der Waals surface area contributed by atoms with Gasteiger partial charge in [0, 0.05) is 12.0 Å².